The second-order valence-electron chi connectivity index (χ2n) is 3.88. The van der Waals surface area contributed by atoms with Crippen molar-refractivity contribution in [2.75, 3.05) is 22.6 Å². The van der Waals surface area contributed by atoms with E-state index in [0.717, 1.165) is 29.2 Å². The van der Waals surface area contributed by atoms with Gasteiger partial charge in [0.15, 0.2) is 0 Å². The molecule has 0 saturated heterocycles. The van der Waals surface area contributed by atoms with Crippen LogP contribution in [0.3, 0.4) is 0 Å². The van der Waals surface area contributed by atoms with Gasteiger partial charge in [-0.25, -0.2) is 4.98 Å². The molecular weight excluding hydrogens is 222 g/mol. The number of anilines is 2. The average Bonchev–Trinajstić information content (AvgIpc) is 2.26. The van der Waals surface area contributed by atoms with Crippen molar-refractivity contribution in [2.24, 2.45) is 0 Å². The van der Waals surface area contributed by atoms with Crippen molar-refractivity contribution in [1.29, 1.82) is 0 Å². The minimum absolute atomic E-state index is 0.0361. The standard InChI is InChI=1S/C11H15N3OS/c1-7-5-9-10(12-6-7)13-8(3-4-16-2)11(15)14-9/h5-6,8H,3-4H2,1-2H3,(H,12,13)(H,14,15). The van der Waals surface area contributed by atoms with Gasteiger partial charge in [0.2, 0.25) is 5.91 Å². The topological polar surface area (TPSA) is 54.0 Å². The lowest BCUT2D eigenvalue weighted by molar-refractivity contribution is -0.117. The van der Waals surface area contributed by atoms with Crippen molar-refractivity contribution in [3.63, 3.8) is 0 Å². The van der Waals surface area contributed by atoms with E-state index in [2.05, 4.69) is 15.6 Å². The van der Waals surface area contributed by atoms with Gasteiger partial charge in [0, 0.05) is 6.20 Å². The summed E-state index contributed by atoms with van der Waals surface area (Å²) in [5.41, 5.74) is 1.83. The summed E-state index contributed by atoms with van der Waals surface area (Å²) in [5, 5.41) is 6.06. The molecule has 1 amide bonds. The fourth-order valence-electron chi connectivity index (χ4n) is 1.67. The molecule has 1 aliphatic rings. The van der Waals surface area contributed by atoms with Gasteiger partial charge in [-0.05, 0) is 37.0 Å². The summed E-state index contributed by atoms with van der Waals surface area (Å²) in [6, 6.07) is 1.77. The second-order valence-corrected chi connectivity index (χ2v) is 4.86. The molecule has 1 aromatic rings. The lowest BCUT2D eigenvalue weighted by Crippen LogP contribution is -2.39. The maximum absolute atomic E-state index is 11.8. The highest BCUT2D eigenvalue weighted by atomic mass is 32.2. The van der Waals surface area contributed by atoms with E-state index in [1.807, 2.05) is 19.2 Å². The van der Waals surface area contributed by atoms with Crippen LogP contribution in [0.25, 0.3) is 0 Å². The number of nitrogens with one attached hydrogen (secondary N) is 2. The number of thioether (sulfide) groups is 1. The number of rotatable bonds is 3. The van der Waals surface area contributed by atoms with Gasteiger partial charge >= 0.3 is 0 Å². The maximum Gasteiger partial charge on any atom is 0.247 e. The zero-order valence-corrected chi connectivity index (χ0v) is 10.2. The Morgan fingerprint density at radius 1 is 1.56 bits per heavy atom. The van der Waals surface area contributed by atoms with Gasteiger partial charge in [-0.2, -0.15) is 11.8 Å². The fourth-order valence-corrected chi connectivity index (χ4v) is 2.14. The first-order valence-corrected chi connectivity index (χ1v) is 6.63. The minimum Gasteiger partial charge on any atom is -0.357 e. The van der Waals surface area contributed by atoms with Crippen LogP contribution in [-0.2, 0) is 4.79 Å². The van der Waals surface area contributed by atoms with E-state index in [1.165, 1.54) is 0 Å². The first-order valence-electron chi connectivity index (χ1n) is 5.23. The summed E-state index contributed by atoms with van der Waals surface area (Å²) in [6.45, 7) is 1.96. The number of hydrogen-bond donors (Lipinski definition) is 2. The van der Waals surface area contributed by atoms with E-state index in [-0.39, 0.29) is 11.9 Å². The third-order valence-electron chi connectivity index (χ3n) is 2.52. The van der Waals surface area contributed by atoms with Crippen LogP contribution in [0.4, 0.5) is 11.5 Å². The molecule has 2 N–H and O–H groups in total. The van der Waals surface area contributed by atoms with Crippen molar-refractivity contribution in [3.05, 3.63) is 17.8 Å². The number of carbonyl (C=O) groups excluding carboxylic acids is 1. The summed E-state index contributed by atoms with van der Waals surface area (Å²) < 4.78 is 0. The zero-order chi connectivity index (χ0) is 11.5. The van der Waals surface area contributed by atoms with Crippen LogP contribution in [-0.4, -0.2) is 28.9 Å². The monoisotopic (exact) mass is 237 g/mol. The molecule has 0 bridgehead atoms. The van der Waals surface area contributed by atoms with Crippen LogP contribution in [0.5, 0.6) is 0 Å². The van der Waals surface area contributed by atoms with Crippen LogP contribution in [0.15, 0.2) is 12.3 Å². The molecule has 2 rings (SSSR count). The Morgan fingerprint density at radius 3 is 3.12 bits per heavy atom. The molecule has 16 heavy (non-hydrogen) atoms. The van der Waals surface area contributed by atoms with E-state index in [9.17, 15) is 4.79 Å². The van der Waals surface area contributed by atoms with E-state index < -0.39 is 0 Å². The normalized spacial score (nSPS) is 18.6. The maximum atomic E-state index is 11.8. The molecule has 1 unspecified atom stereocenters. The minimum atomic E-state index is -0.157. The number of amides is 1. The molecule has 0 radical (unpaired) electrons. The number of nitrogens with zero attached hydrogens (tertiary/aromatic N) is 1. The summed E-state index contributed by atoms with van der Waals surface area (Å²) in [7, 11) is 0. The quantitative estimate of drug-likeness (QED) is 0.842. The van der Waals surface area contributed by atoms with Gasteiger partial charge in [0.25, 0.3) is 0 Å². The van der Waals surface area contributed by atoms with Crippen LogP contribution >= 0.6 is 11.8 Å². The third-order valence-corrected chi connectivity index (χ3v) is 3.16. The summed E-state index contributed by atoms with van der Waals surface area (Å²) in [6.07, 6.45) is 4.66. The van der Waals surface area contributed by atoms with Crippen LogP contribution in [0, 0.1) is 6.92 Å². The molecule has 1 atom stereocenters. The zero-order valence-electron chi connectivity index (χ0n) is 9.41. The van der Waals surface area contributed by atoms with Crippen molar-refractivity contribution in [2.45, 2.75) is 19.4 Å². The lowest BCUT2D eigenvalue weighted by atomic mass is 10.1. The Labute approximate surface area is 99.2 Å². The Kier molecular flexibility index (Phi) is 3.33. The first-order chi connectivity index (χ1) is 7.70. The molecule has 0 spiro atoms. The lowest BCUT2D eigenvalue weighted by Gasteiger charge is -2.25. The number of carbonyl (C=O) groups is 1. The van der Waals surface area contributed by atoms with Gasteiger partial charge < -0.3 is 10.6 Å². The van der Waals surface area contributed by atoms with Crippen LogP contribution in [0.2, 0.25) is 0 Å². The van der Waals surface area contributed by atoms with Crippen LogP contribution < -0.4 is 10.6 Å². The fraction of sp³-hybridized carbons (Fsp3) is 0.455. The Hall–Kier alpha value is -1.23. The number of fused-ring (bicyclic) bond motifs is 1. The molecule has 5 heteroatoms. The highest BCUT2D eigenvalue weighted by Crippen LogP contribution is 2.25. The smallest absolute Gasteiger partial charge is 0.247 e. The molecule has 0 fully saturated rings. The van der Waals surface area contributed by atoms with E-state index in [1.54, 1.807) is 18.0 Å². The van der Waals surface area contributed by atoms with Crippen molar-refractivity contribution in [1.82, 2.24) is 4.98 Å². The number of pyridine rings is 1. The molecule has 1 aromatic heterocycles. The van der Waals surface area contributed by atoms with Crippen molar-refractivity contribution >= 4 is 29.2 Å². The van der Waals surface area contributed by atoms with Gasteiger partial charge in [0.1, 0.15) is 11.9 Å². The predicted molar refractivity (Wildman–Crippen MR) is 68.0 cm³/mol. The highest BCUT2D eigenvalue weighted by molar-refractivity contribution is 7.98. The van der Waals surface area contributed by atoms with Crippen molar-refractivity contribution in [3.8, 4) is 0 Å². The molecule has 0 aliphatic carbocycles. The molecule has 2 heterocycles. The van der Waals surface area contributed by atoms with E-state index in [0.29, 0.717) is 0 Å². The highest BCUT2D eigenvalue weighted by Gasteiger charge is 2.25. The van der Waals surface area contributed by atoms with Gasteiger partial charge in [0.05, 0.1) is 5.69 Å². The molecule has 86 valence electrons. The number of aryl methyl sites for hydroxylation is 1. The molecule has 1 aliphatic heterocycles. The Bertz CT molecular complexity index is 408. The SMILES string of the molecule is CSCCC1Nc2ncc(C)cc2NC1=O. The van der Waals surface area contributed by atoms with Gasteiger partial charge in [-0.1, -0.05) is 0 Å². The molecule has 0 aromatic carbocycles. The second kappa shape index (κ2) is 4.74. The first kappa shape index (κ1) is 11.3. The van der Waals surface area contributed by atoms with Crippen LogP contribution in [0.1, 0.15) is 12.0 Å². The third kappa shape index (κ3) is 2.29. The van der Waals surface area contributed by atoms with Gasteiger partial charge in [-0.15, -0.1) is 0 Å². The van der Waals surface area contributed by atoms with E-state index in [4.69, 9.17) is 0 Å². The summed E-state index contributed by atoms with van der Waals surface area (Å²) >= 11 is 1.74. The summed E-state index contributed by atoms with van der Waals surface area (Å²) in [4.78, 5) is 16.0. The average molecular weight is 237 g/mol. The Morgan fingerprint density at radius 2 is 2.38 bits per heavy atom. The molecule has 0 saturated carbocycles. The van der Waals surface area contributed by atoms with Crippen molar-refractivity contribution < 1.29 is 4.79 Å². The van der Waals surface area contributed by atoms with Gasteiger partial charge in [-0.3, -0.25) is 4.79 Å². The molecular formula is C11H15N3OS. The van der Waals surface area contributed by atoms with E-state index >= 15 is 0 Å². The summed E-state index contributed by atoms with van der Waals surface area (Å²) in [5.74, 6) is 1.77. The number of aromatic nitrogens is 1. The molecule has 4 nitrogen and oxygen atoms in total. The Balaban J connectivity index is 2.15. The predicted octanol–water partition coefficient (Wildman–Crippen LogP) is 1.88. The number of hydrogen-bond acceptors (Lipinski definition) is 4. The largest absolute Gasteiger partial charge is 0.357 e.